The molecule has 0 radical (unpaired) electrons. The highest BCUT2D eigenvalue weighted by atomic mass is 16.5. The molecule has 2 atom stereocenters. The number of nitrogens with one attached hydrogen (secondary N) is 2. The van der Waals surface area contributed by atoms with Crippen LogP contribution in [-0.2, 0) is 14.3 Å². The van der Waals surface area contributed by atoms with Gasteiger partial charge in [0, 0.05) is 18.8 Å². The zero-order chi connectivity index (χ0) is 17.4. The number of anilines is 1. The van der Waals surface area contributed by atoms with Crippen LogP contribution >= 0.6 is 0 Å². The Hall–Kier alpha value is -2.12. The van der Waals surface area contributed by atoms with Crippen molar-refractivity contribution in [3.63, 3.8) is 0 Å². The van der Waals surface area contributed by atoms with Gasteiger partial charge < -0.3 is 25.2 Å². The van der Waals surface area contributed by atoms with Gasteiger partial charge in [0.1, 0.15) is 11.8 Å². The topological polar surface area (TPSA) is 96.9 Å². The Bertz CT molecular complexity index is 540. The molecule has 0 unspecified atom stereocenters. The lowest BCUT2D eigenvalue weighted by Gasteiger charge is -2.17. The zero-order valence-corrected chi connectivity index (χ0v) is 13.8. The maximum atomic E-state index is 12.1. The Morgan fingerprint density at radius 1 is 1.38 bits per heavy atom. The number of hydrogen-bond donors (Lipinski definition) is 3. The normalized spacial score (nSPS) is 18.1. The number of carboxylic acid groups (broad SMARTS) is 1. The smallest absolute Gasteiger partial charge is 0.321 e. The van der Waals surface area contributed by atoms with E-state index in [1.165, 1.54) is 0 Å². The molecule has 0 aromatic heterocycles. The van der Waals surface area contributed by atoms with E-state index < -0.39 is 12.0 Å². The predicted molar refractivity (Wildman–Crippen MR) is 89.3 cm³/mol. The molecule has 1 aliphatic heterocycles. The van der Waals surface area contributed by atoms with Crippen molar-refractivity contribution >= 4 is 17.6 Å². The maximum absolute atomic E-state index is 12.1. The van der Waals surface area contributed by atoms with Crippen LogP contribution in [0.3, 0.4) is 0 Å². The first kappa shape index (κ1) is 18.2. The number of aliphatic carboxylic acids is 1. The van der Waals surface area contributed by atoms with E-state index in [9.17, 15) is 14.7 Å². The lowest BCUT2D eigenvalue weighted by Crippen LogP contribution is -2.43. The summed E-state index contributed by atoms with van der Waals surface area (Å²) >= 11 is 0. The summed E-state index contributed by atoms with van der Waals surface area (Å²) in [6, 6.07) is 6.01. The van der Waals surface area contributed by atoms with Gasteiger partial charge in [0.2, 0.25) is 5.91 Å². The van der Waals surface area contributed by atoms with Crippen molar-refractivity contribution in [3.8, 4) is 5.75 Å². The second kappa shape index (κ2) is 9.24. The lowest BCUT2D eigenvalue weighted by atomic mass is 10.1. The molecule has 1 saturated heterocycles. The van der Waals surface area contributed by atoms with Crippen LogP contribution in [0.1, 0.15) is 26.2 Å². The molecule has 24 heavy (non-hydrogen) atoms. The first-order chi connectivity index (χ1) is 11.6. The summed E-state index contributed by atoms with van der Waals surface area (Å²) in [6.07, 6.45) is 1.79. The molecule has 0 saturated carbocycles. The molecule has 1 amide bonds. The quantitative estimate of drug-likeness (QED) is 0.634. The molecule has 1 aliphatic rings. The van der Waals surface area contributed by atoms with Crippen molar-refractivity contribution in [1.29, 1.82) is 0 Å². The highest BCUT2D eigenvalue weighted by molar-refractivity contribution is 5.94. The van der Waals surface area contributed by atoms with Crippen molar-refractivity contribution in [2.75, 3.05) is 25.1 Å². The largest absolute Gasteiger partial charge is 0.494 e. The number of hydrogen-bond acceptors (Lipinski definition) is 5. The number of carbonyl (C=O) groups is 2. The van der Waals surface area contributed by atoms with Gasteiger partial charge in [0.05, 0.1) is 19.1 Å². The first-order valence-electron chi connectivity index (χ1n) is 8.19. The van der Waals surface area contributed by atoms with Gasteiger partial charge in [0.25, 0.3) is 0 Å². The fraction of sp³-hybridized carbons (Fsp3) is 0.529. The van der Waals surface area contributed by atoms with Crippen molar-refractivity contribution in [2.24, 2.45) is 0 Å². The zero-order valence-electron chi connectivity index (χ0n) is 13.8. The summed E-state index contributed by atoms with van der Waals surface area (Å²) in [7, 11) is 0. The first-order valence-corrected chi connectivity index (χ1v) is 8.19. The number of amides is 1. The Morgan fingerprint density at radius 2 is 2.12 bits per heavy atom. The van der Waals surface area contributed by atoms with Crippen LogP contribution in [0, 0.1) is 0 Å². The standard InChI is InChI=1S/C17H24N2O5/c1-2-23-13-7-5-12(6-8-13)19-16(20)10-15(17(21)22)18-11-14-4-3-9-24-14/h5-8,14-15,18H,2-4,9-11H2,1H3,(H,19,20)(H,21,22)/t14-,15+/m1/s1. The highest BCUT2D eigenvalue weighted by Crippen LogP contribution is 2.16. The summed E-state index contributed by atoms with van der Waals surface area (Å²) in [5.41, 5.74) is 0.603. The summed E-state index contributed by atoms with van der Waals surface area (Å²) < 4.78 is 10.8. The molecule has 2 rings (SSSR count). The Morgan fingerprint density at radius 3 is 2.71 bits per heavy atom. The van der Waals surface area contributed by atoms with Crippen LogP contribution in [0.4, 0.5) is 5.69 Å². The number of rotatable bonds is 9. The predicted octanol–water partition coefficient (Wildman–Crippen LogP) is 1.64. The van der Waals surface area contributed by atoms with E-state index >= 15 is 0 Å². The second-order valence-electron chi connectivity index (χ2n) is 5.64. The fourth-order valence-electron chi connectivity index (χ4n) is 2.52. The summed E-state index contributed by atoms with van der Waals surface area (Å²) in [5, 5.41) is 14.9. The van der Waals surface area contributed by atoms with Gasteiger partial charge in [-0.25, -0.2) is 0 Å². The van der Waals surface area contributed by atoms with Crippen LogP contribution in [0.15, 0.2) is 24.3 Å². The van der Waals surface area contributed by atoms with Gasteiger partial charge in [-0.1, -0.05) is 0 Å². The van der Waals surface area contributed by atoms with Crippen molar-refractivity contribution in [1.82, 2.24) is 5.32 Å². The van der Waals surface area contributed by atoms with Crippen molar-refractivity contribution in [3.05, 3.63) is 24.3 Å². The van der Waals surface area contributed by atoms with Gasteiger partial charge in [-0.2, -0.15) is 0 Å². The second-order valence-corrected chi connectivity index (χ2v) is 5.64. The van der Waals surface area contributed by atoms with E-state index in [1.807, 2.05) is 6.92 Å². The Labute approximate surface area is 141 Å². The molecule has 3 N–H and O–H groups in total. The third-order valence-electron chi connectivity index (χ3n) is 3.75. The van der Waals surface area contributed by atoms with Gasteiger partial charge in [-0.3, -0.25) is 9.59 Å². The maximum Gasteiger partial charge on any atom is 0.321 e. The number of carbonyl (C=O) groups excluding carboxylic acids is 1. The minimum Gasteiger partial charge on any atom is -0.494 e. The molecule has 132 valence electrons. The average molecular weight is 336 g/mol. The molecule has 1 aromatic rings. The van der Waals surface area contributed by atoms with Gasteiger partial charge >= 0.3 is 5.97 Å². The van der Waals surface area contributed by atoms with Gasteiger partial charge in [-0.05, 0) is 44.0 Å². The fourth-order valence-corrected chi connectivity index (χ4v) is 2.52. The van der Waals surface area contributed by atoms with E-state index in [1.54, 1.807) is 24.3 Å². The molecule has 0 bridgehead atoms. The molecule has 7 heteroatoms. The Kier molecular flexibility index (Phi) is 7.02. The van der Waals surface area contributed by atoms with E-state index in [-0.39, 0.29) is 18.4 Å². The minimum absolute atomic E-state index is 0.0287. The third-order valence-corrected chi connectivity index (χ3v) is 3.75. The molecule has 0 spiro atoms. The van der Waals surface area contributed by atoms with Crippen LogP contribution in [0.25, 0.3) is 0 Å². The van der Waals surface area contributed by atoms with Crippen molar-refractivity contribution < 1.29 is 24.2 Å². The molecule has 0 aliphatic carbocycles. The average Bonchev–Trinajstić information content (AvgIpc) is 3.06. The molecule has 1 heterocycles. The summed E-state index contributed by atoms with van der Waals surface area (Å²) in [5.74, 6) is -0.682. The SMILES string of the molecule is CCOc1ccc(NC(=O)C[C@H](NC[C@H]2CCCO2)C(=O)O)cc1. The van der Waals surface area contributed by atoms with E-state index in [4.69, 9.17) is 9.47 Å². The molecular weight excluding hydrogens is 312 g/mol. The summed E-state index contributed by atoms with van der Waals surface area (Å²) in [6.45, 7) is 3.61. The summed E-state index contributed by atoms with van der Waals surface area (Å²) in [4.78, 5) is 23.4. The van der Waals surface area contributed by atoms with Crippen LogP contribution < -0.4 is 15.4 Å². The van der Waals surface area contributed by atoms with Crippen LogP contribution in [0.2, 0.25) is 0 Å². The third kappa shape index (κ3) is 5.82. The minimum atomic E-state index is -1.05. The molecule has 7 nitrogen and oxygen atoms in total. The number of ether oxygens (including phenoxy) is 2. The van der Waals surface area contributed by atoms with E-state index in [2.05, 4.69) is 10.6 Å². The van der Waals surface area contributed by atoms with Gasteiger partial charge in [-0.15, -0.1) is 0 Å². The monoisotopic (exact) mass is 336 g/mol. The molecule has 1 aromatic carbocycles. The Balaban J connectivity index is 1.81. The van der Waals surface area contributed by atoms with Crippen molar-refractivity contribution in [2.45, 2.75) is 38.3 Å². The van der Waals surface area contributed by atoms with Crippen LogP contribution in [0.5, 0.6) is 5.75 Å². The lowest BCUT2D eigenvalue weighted by molar-refractivity contribution is -0.141. The number of carboxylic acids is 1. The molecule has 1 fully saturated rings. The van der Waals surface area contributed by atoms with Crippen LogP contribution in [-0.4, -0.2) is 48.9 Å². The number of benzene rings is 1. The van der Waals surface area contributed by atoms with E-state index in [0.29, 0.717) is 25.4 Å². The molecular formula is C17H24N2O5. The van der Waals surface area contributed by atoms with Gasteiger partial charge in [0.15, 0.2) is 0 Å². The highest BCUT2D eigenvalue weighted by Gasteiger charge is 2.23. The van der Waals surface area contributed by atoms with E-state index in [0.717, 1.165) is 18.6 Å².